The number of fused-ring (bicyclic) bond motifs is 1. The molecule has 2 rings (SSSR count). The van der Waals surface area contributed by atoms with E-state index >= 15 is 0 Å². The summed E-state index contributed by atoms with van der Waals surface area (Å²) >= 11 is 17.7. The second-order valence-electron chi connectivity index (χ2n) is 11.9. The quantitative estimate of drug-likeness (QED) is 0.0974. The number of hydrogen-bond donors (Lipinski definition) is 0. The third-order valence-electron chi connectivity index (χ3n) is 8.52. The van der Waals surface area contributed by atoms with E-state index in [-0.39, 0.29) is 18.6 Å². The van der Waals surface area contributed by atoms with Gasteiger partial charge in [-0.2, -0.15) is 0 Å². The molecular formula is C28H48Cl3NO4Si. The van der Waals surface area contributed by atoms with Crippen LogP contribution in [-0.4, -0.2) is 47.6 Å². The number of unbranched alkanes of at least 4 members (excludes halogenated alkanes) is 3. The number of hydrogen-bond acceptors (Lipinski definition) is 4. The number of carbonyl (C=O) groups excluding carboxylic acids is 2. The molecule has 1 aliphatic carbocycles. The van der Waals surface area contributed by atoms with Gasteiger partial charge in [0, 0.05) is 5.92 Å². The fourth-order valence-corrected chi connectivity index (χ4v) is 12.4. The van der Waals surface area contributed by atoms with Gasteiger partial charge in [0.1, 0.15) is 18.4 Å². The smallest absolute Gasteiger partial charge is 0.411 e. The maximum Gasteiger partial charge on any atom is 0.411 e. The van der Waals surface area contributed by atoms with Gasteiger partial charge in [0.15, 0.2) is 0 Å². The molecule has 0 saturated heterocycles. The van der Waals surface area contributed by atoms with Gasteiger partial charge in [0.25, 0.3) is 8.32 Å². The van der Waals surface area contributed by atoms with E-state index in [2.05, 4.69) is 54.5 Å². The van der Waals surface area contributed by atoms with Gasteiger partial charge in [0.05, 0.1) is 11.8 Å². The minimum absolute atomic E-state index is 0.200. The van der Waals surface area contributed by atoms with Gasteiger partial charge < -0.3 is 14.0 Å². The standard InChI is InChI=1S/C28H48Cl3NO4Si/c1-8-9-10-11-14-23-17-25(36-37(20(2)3,21(4)5)22(6)7)24-15-12-13-16-27(24,18-33)32(23)26(34)35-19-28(29,30)31/h17-18,20-24H,8-16,19H2,1-7H3/t23-,24-,27+/m1/s1. The van der Waals surface area contributed by atoms with E-state index < -0.39 is 23.7 Å². The number of nitrogens with zero attached hydrogens (tertiary/aromatic N) is 1. The van der Waals surface area contributed by atoms with Gasteiger partial charge in [-0.25, -0.2) is 4.79 Å². The van der Waals surface area contributed by atoms with Crippen molar-refractivity contribution in [3.05, 3.63) is 11.8 Å². The van der Waals surface area contributed by atoms with E-state index in [1.807, 2.05) is 0 Å². The van der Waals surface area contributed by atoms with Crippen LogP contribution in [0.1, 0.15) is 106 Å². The van der Waals surface area contributed by atoms with Gasteiger partial charge in [0.2, 0.25) is 3.79 Å². The number of rotatable bonds is 12. The van der Waals surface area contributed by atoms with E-state index in [9.17, 15) is 9.59 Å². The molecule has 0 N–H and O–H groups in total. The zero-order valence-corrected chi connectivity index (χ0v) is 27.1. The molecule has 5 nitrogen and oxygen atoms in total. The Morgan fingerprint density at radius 2 is 1.73 bits per heavy atom. The molecule has 1 aliphatic heterocycles. The molecular weight excluding hydrogens is 549 g/mol. The normalized spacial score (nSPS) is 24.8. The van der Waals surface area contributed by atoms with Gasteiger partial charge in [-0.3, -0.25) is 4.90 Å². The summed E-state index contributed by atoms with van der Waals surface area (Å²) in [5.74, 6) is 0.717. The third-order valence-corrected chi connectivity index (χ3v) is 14.8. The van der Waals surface area contributed by atoms with Gasteiger partial charge in [-0.1, -0.05) is 122 Å². The fraction of sp³-hybridized carbons (Fsp3) is 0.857. The Hall–Kier alpha value is -0.433. The summed E-state index contributed by atoms with van der Waals surface area (Å²) < 4.78 is 11.0. The van der Waals surface area contributed by atoms with Gasteiger partial charge >= 0.3 is 6.09 Å². The predicted molar refractivity (Wildman–Crippen MR) is 157 cm³/mol. The maximum absolute atomic E-state index is 13.6. The molecule has 2 aliphatic rings. The molecule has 0 aromatic rings. The van der Waals surface area contributed by atoms with E-state index in [4.69, 9.17) is 44.0 Å². The summed E-state index contributed by atoms with van der Waals surface area (Å²) in [6.45, 7) is 15.4. The molecule has 1 amide bonds. The van der Waals surface area contributed by atoms with Crippen LogP contribution in [-0.2, 0) is 14.0 Å². The molecule has 0 spiro atoms. The number of amides is 1. The van der Waals surface area contributed by atoms with Crippen molar-refractivity contribution in [2.75, 3.05) is 6.61 Å². The molecule has 0 bridgehead atoms. The SMILES string of the molecule is CCCCCC[C@@H]1C=C(O[Si](C(C)C)(C(C)C)C(C)C)[C@H]2CCCC[C@@]2(C=O)N1C(=O)OCC(Cl)(Cl)Cl. The zero-order chi connectivity index (χ0) is 28.0. The lowest BCUT2D eigenvalue weighted by Crippen LogP contribution is -2.65. The molecule has 3 atom stereocenters. The number of halogens is 3. The first-order chi connectivity index (χ1) is 17.3. The van der Waals surface area contributed by atoms with Crippen LogP contribution in [0.5, 0.6) is 0 Å². The fourth-order valence-electron chi connectivity index (χ4n) is 6.92. The predicted octanol–water partition coefficient (Wildman–Crippen LogP) is 9.35. The van der Waals surface area contributed by atoms with Crippen molar-refractivity contribution in [1.82, 2.24) is 4.90 Å². The highest BCUT2D eigenvalue weighted by molar-refractivity contribution is 6.77. The van der Waals surface area contributed by atoms with Crippen LogP contribution in [0.3, 0.4) is 0 Å². The van der Waals surface area contributed by atoms with Crippen molar-refractivity contribution >= 4 is 55.5 Å². The second-order valence-corrected chi connectivity index (χ2v) is 19.7. The highest BCUT2D eigenvalue weighted by Gasteiger charge is 2.57. The molecule has 0 unspecified atom stereocenters. The zero-order valence-electron chi connectivity index (χ0n) is 23.8. The summed E-state index contributed by atoms with van der Waals surface area (Å²) in [6, 6.07) is -0.313. The summed E-state index contributed by atoms with van der Waals surface area (Å²) in [5, 5.41) is 0. The summed E-state index contributed by atoms with van der Waals surface area (Å²) in [4.78, 5) is 28.3. The Kier molecular flexibility index (Phi) is 12.2. The van der Waals surface area contributed by atoms with E-state index in [0.717, 1.165) is 63.4 Å². The molecule has 37 heavy (non-hydrogen) atoms. The number of carbonyl (C=O) groups is 2. The minimum atomic E-state index is -2.27. The van der Waals surface area contributed by atoms with Crippen molar-refractivity contribution in [3.8, 4) is 0 Å². The monoisotopic (exact) mass is 595 g/mol. The Morgan fingerprint density at radius 1 is 1.11 bits per heavy atom. The van der Waals surface area contributed by atoms with Crippen LogP contribution in [0, 0.1) is 5.92 Å². The number of aldehydes is 1. The molecule has 1 heterocycles. The average Bonchev–Trinajstić information content (AvgIpc) is 2.82. The Labute approximate surface area is 241 Å². The lowest BCUT2D eigenvalue weighted by molar-refractivity contribution is -0.126. The minimum Gasteiger partial charge on any atom is -0.546 e. The Morgan fingerprint density at radius 3 is 2.24 bits per heavy atom. The van der Waals surface area contributed by atoms with Crippen LogP contribution >= 0.6 is 34.8 Å². The molecule has 214 valence electrons. The lowest BCUT2D eigenvalue weighted by Gasteiger charge is -2.55. The molecule has 1 saturated carbocycles. The van der Waals surface area contributed by atoms with Gasteiger partial charge in [-0.15, -0.1) is 0 Å². The Bertz CT molecular complexity index is 777. The van der Waals surface area contributed by atoms with Crippen LogP contribution in [0.4, 0.5) is 4.79 Å². The number of alkyl halides is 3. The highest BCUT2D eigenvalue weighted by Crippen LogP contribution is 2.51. The third kappa shape index (κ3) is 7.40. The van der Waals surface area contributed by atoms with Crippen LogP contribution in [0.25, 0.3) is 0 Å². The highest BCUT2D eigenvalue weighted by atomic mass is 35.6. The maximum atomic E-state index is 13.6. The van der Waals surface area contributed by atoms with Crippen LogP contribution in [0.15, 0.2) is 11.8 Å². The van der Waals surface area contributed by atoms with Crippen molar-refractivity contribution in [2.24, 2.45) is 5.92 Å². The first-order valence-electron chi connectivity index (χ1n) is 14.2. The molecule has 1 fully saturated rings. The van der Waals surface area contributed by atoms with Crippen molar-refractivity contribution < 1.29 is 18.8 Å². The average molecular weight is 597 g/mol. The summed E-state index contributed by atoms with van der Waals surface area (Å²) in [7, 11) is -2.27. The van der Waals surface area contributed by atoms with E-state index in [1.54, 1.807) is 4.90 Å². The lowest BCUT2D eigenvalue weighted by atomic mass is 9.68. The van der Waals surface area contributed by atoms with Crippen molar-refractivity contribution in [2.45, 2.75) is 138 Å². The Balaban J connectivity index is 2.61. The van der Waals surface area contributed by atoms with Crippen LogP contribution < -0.4 is 0 Å². The molecule has 0 aromatic carbocycles. The molecule has 0 radical (unpaired) electrons. The van der Waals surface area contributed by atoms with E-state index in [0.29, 0.717) is 23.0 Å². The summed E-state index contributed by atoms with van der Waals surface area (Å²) in [6.07, 6.45) is 10.7. The first kappa shape index (κ1) is 32.8. The summed E-state index contributed by atoms with van der Waals surface area (Å²) in [5.41, 5.74) is 0.182. The van der Waals surface area contributed by atoms with Gasteiger partial charge in [-0.05, 0) is 42.0 Å². The second kappa shape index (κ2) is 13.8. The van der Waals surface area contributed by atoms with Crippen LogP contribution in [0.2, 0.25) is 16.6 Å². The van der Waals surface area contributed by atoms with Crippen molar-refractivity contribution in [1.29, 1.82) is 0 Å². The largest absolute Gasteiger partial charge is 0.546 e. The van der Waals surface area contributed by atoms with Crippen molar-refractivity contribution in [3.63, 3.8) is 0 Å². The molecule has 9 heteroatoms. The van der Waals surface area contributed by atoms with E-state index in [1.165, 1.54) is 0 Å². The number of ether oxygens (including phenoxy) is 1. The topological polar surface area (TPSA) is 55.8 Å². The first-order valence-corrected chi connectivity index (χ1v) is 17.4. The molecule has 0 aromatic heterocycles.